The Labute approximate surface area is 231 Å². The monoisotopic (exact) mass is 595 g/mol. The molecule has 3 amide bonds. The van der Waals surface area contributed by atoms with Crippen LogP contribution in [0.1, 0.15) is 52.9 Å². The first-order valence-electron chi connectivity index (χ1n) is 13.6. The van der Waals surface area contributed by atoms with E-state index in [-0.39, 0.29) is 49.9 Å². The number of hydrogen-bond acceptors (Lipinski definition) is 7. The number of cyclic esters (lactones) is 1. The molecular formula is C27H38BrN3O7. The highest BCUT2D eigenvalue weighted by Crippen LogP contribution is 2.59. The maximum absolute atomic E-state index is 14.4. The highest BCUT2D eigenvalue weighted by atomic mass is 79.9. The number of ether oxygens (including phenoxy) is 2. The van der Waals surface area contributed by atoms with Gasteiger partial charge in [0.15, 0.2) is 0 Å². The number of aliphatic hydroxyl groups is 1. The van der Waals surface area contributed by atoms with Gasteiger partial charge in [-0.25, -0.2) is 0 Å². The van der Waals surface area contributed by atoms with Crippen LogP contribution in [-0.4, -0.2) is 94.7 Å². The number of fused-ring (bicyclic) bond motifs is 2. The van der Waals surface area contributed by atoms with Crippen molar-refractivity contribution in [1.82, 2.24) is 15.1 Å². The van der Waals surface area contributed by atoms with Crippen LogP contribution < -0.4 is 5.32 Å². The summed E-state index contributed by atoms with van der Waals surface area (Å²) in [5.41, 5.74) is -1.32. The highest BCUT2D eigenvalue weighted by Gasteiger charge is 2.74. The lowest BCUT2D eigenvalue weighted by Gasteiger charge is -2.38. The second-order valence-electron chi connectivity index (χ2n) is 10.6. The van der Waals surface area contributed by atoms with Crippen LogP contribution in [-0.2, 0) is 28.7 Å². The zero-order valence-corrected chi connectivity index (χ0v) is 23.8. The second kappa shape index (κ2) is 11.9. The van der Waals surface area contributed by atoms with E-state index >= 15 is 0 Å². The van der Waals surface area contributed by atoms with Gasteiger partial charge in [-0.15, -0.1) is 0 Å². The third-order valence-corrected chi connectivity index (χ3v) is 8.60. The zero-order chi connectivity index (χ0) is 27.6. The molecule has 2 N–H and O–H groups in total. The SMILES string of the molecule is CCCC(C)N1C/C=C\CCC(=O)NC[C@@H](C)OC(=O)[C@@H]2[C@H]3O[C@@]4(C=C3Br)[C@H](C1=O)N(CCCO)C(=O)[C@@H]24. The summed E-state index contributed by atoms with van der Waals surface area (Å²) in [6.45, 7) is 6.21. The van der Waals surface area contributed by atoms with E-state index in [2.05, 4.69) is 28.2 Å². The van der Waals surface area contributed by atoms with Crippen molar-refractivity contribution in [2.24, 2.45) is 11.8 Å². The zero-order valence-electron chi connectivity index (χ0n) is 22.2. The minimum absolute atomic E-state index is 0.111. The number of carbonyl (C=O) groups excluding carboxylic acids is 4. The van der Waals surface area contributed by atoms with E-state index in [1.807, 2.05) is 19.1 Å². The van der Waals surface area contributed by atoms with Gasteiger partial charge >= 0.3 is 5.97 Å². The molecule has 1 spiro atoms. The van der Waals surface area contributed by atoms with Gasteiger partial charge < -0.3 is 29.7 Å². The smallest absolute Gasteiger partial charge is 0.313 e. The molecule has 210 valence electrons. The number of nitrogens with zero attached hydrogens (tertiary/aromatic N) is 2. The Bertz CT molecular complexity index is 1020. The first-order valence-corrected chi connectivity index (χ1v) is 14.4. The van der Waals surface area contributed by atoms with Crippen LogP contribution in [0.4, 0.5) is 0 Å². The average Bonchev–Trinajstić information content (AvgIpc) is 3.46. The number of hydrogen-bond donors (Lipinski definition) is 2. The molecule has 0 aromatic carbocycles. The fourth-order valence-corrected chi connectivity index (χ4v) is 6.89. The third-order valence-electron chi connectivity index (χ3n) is 7.92. The Morgan fingerprint density at radius 3 is 2.71 bits per heavy atom. The molecule has 5 bridgehead atoms. The third kappa shape index (κ3) is 5.16. The maximum Gasteiger partial charge on any atom is 0.313 e. The van der Waals surface area contributed by atoms with Crippen LogP contribution >= 0.6 is 15.9 Å². The van der Waals surface area contributed by atoms with Crippen molar-refractivity contribution >= 4 is 39.6 Å². The molecule has 4 heterocycles. The van der Waals surface area contributed by atoms with Crippen molar-refractivity contribution < 1.29 is 33.8 Å². The quantitative estimate of drug-likeness (QED) is 0.353. The second-order valence-corrected chi connectivity index (χ2v) is 11.5. The summed E-state index contributed by atoms with van der Waals surface area (Å²) in [4.78, 5) is 57.3. The van der Waals surface area contributed by atoms with Gasteiger partial charge in [0.05, 0.1) is 12.5 Å². The molecule has 2 saturated heterocycles. The molecule has 0 aromatic rings. The van der Waals surface area contributed by atoms with Gasteiger partial charge in [-0.3, -0.25) is 19.2 Å². The van der Waals surface area contributed by atoms with Crippen molar-refractivity contribution in [3.63, 3.8) is 0 Å². The summed E-state index contributed by atoms with van der Waals surface area (Å²) in [5.74, 6) is -3.23. The molecule has 2 fully saturated rings. The minimum Gasteiger partial charge on any atom is -0.460 e. The fraction of sp³-hybridized carbons (Fsp3) is 0.704. The molecule has 4 aliphatic heterocycles. The molecule has 0 radical (unpaired) electrons. The first-order chi connectivity index (χ1) is 18.2. The Morgan fingerprint density at radius 2 is 2.00 bits per heavy atom. The first kappa shape index (κ1) is 28.8. The lowest BCUT2D eigenvalue weighted by molar-refractivity contribution is -0.158. The van der Waals surface area contributed by atoms with Crippen molar-refractivity contribution in [3.8, 4) is 0 Å². The predicted octanol–water partition coefficient (Wildman–Crippen LogP) is 1.66. The number of carbonyl (C=O) groups is 4. The van der Waals surface area contributed by atoms with E-state index in [9.17, 15) is 24.3 Å². The number of likely N-dealkylation sites (tertiary alicyclic amines) is 1. The Morgan fingerprint density at radius 1 is 1.24 bits per heavy atom. The molecule has 38 heavy (non-hydrogen) atoms. The van der Waals surface area contributed by atoms with Crippen molar-refractivity contribution in [1.29, 1.82) is 0 Å². The number of allylic oxidation sites excluding steroid dienone is 1. The summed E-state index contributed by atoms with van der Waals surface area (Å²) in [5, 5.41) is 12.3. The average molecular weight is 597 g/mol. The van der Waals surface area contributed by atoms with Gasteiger partial charge in [0.2, 0.25) is 17.7 Å². The Hall–Kier alpha value is -2.24. The van der Waals surface area contributed by atoms with E-state index in [1.165, 1.54) is 4.90 Å². The van der Waals surface area contributed by atoms with Crippen LogP contribution in [0, 0.1) is 11.8 Å². The van der Waals surface area contributed by atoms with E-state index in [4.69, 9.17) is 9.47 Å². The minimum atomic E-state index is -1.32. The summed E-state index contributed by atoms with van der Waals surface area (Å²) < 4.78 is 12.7. The number of rotatable bonds is 6. The van der Waals surface area contributed by atoms with E-state index < -0.39 is 41.7 Å². The van der Waals surface area contributed by atoms with Gasteiger partial charge in [-0.1, -0.05) is 41.4 Å². The van der Waals surface area contributed by atoms with E-state index in [1.54, 1.807) is 17.9 Å². The van der Waals surface area contributed by atoms with Crippen LogP contribution in [0.15, 0.2) is 22.7 Å². The summed E-state index contributed by atoms with van der Waals surface area (Å²) in [6, 6.07) is -1.09. The van der Waals surface area contributed by atoms with Crippen LogP contribution in [0.5, 0.6) is 0 Å². The maximum atomic E-state index is 14.4. The van der Waals surface area contributed by atoms with Gasteiger partial charge in [-0.05, 0) is 39.2 Å². The Balaban J connectivity index is 1.79. The molecule has 0 aliphatic carbocycles. The van der Waals surface area contributed by atoms with Gasteiger partial charge in [0.25, 0.3) is 0 Å². The molecule has 10 nitrogen and oxygen atoms in total. The number of nitrogens with one attached hydrogen (secondary N) is 1. The van der Waals surface area contributed by atoms with E-state index in [0.29, 0.717) is 23.9 Å². The van der Waals surface area contributed by atoms with Crippen LogP contribution in [0.25, 0.3) is 0 Å². The van der Waals surface area contributed by atoms with Crippen molar-refractivity contribution in [2.75, 3.05) is 26.2 Å². The van der Waals surface area contributed by atoms with Crippen molar-refractivity contribution in [2.45, 2.75) is 82.8 Å². The molecule has 0 aromatic heterocycles. The number of amides is 3. The highest BCUT2D eigenvalue weighted by molar-refractivity contribution is 9.11. The lowest BCUT2D eigenvalue weighted by Crippen LogP contribution is -2.57. The molecule has 4 rings (SSSR count). The molecule has 11 heteroatoms. The standard InChI is InChI=1S/C27H38BrN3O7/c1-4-9-16(2)30-11-7-5-6-10-19(33)29-15-17(3)37-26(36)20-21-24(34)31(12-8-13-32)23(25(30)35)27(21)14-18(28)22(20)38-27/h5,7,14,16-17,20-23,32H,4,6,8-13,15H2,1-3H3,(H,29,33)/b7-5-/t16?,17-,20+,21-,22+,23+,27-/m1/s1. The van der Waals surface area contributed by atoms with Crippen molar-refractivity contribution in [3.05, 3.63) is 22.7 Å². The normalized spacial score (nSPS) is 35.6. The molecule has 7 atom stereocenters. The van der Waals surface area contributed by atoms with E-state index in [0.717, 1.165) is 12.8 Å². The number of halogens is 1. The van der Waals surface area contributed by atoms with Gasteiger partial charge in [0.1, 0.15) is 29.8 Å². The fourth-order valence-electron chi connectivity index (χ4n) is 6.15. The number of esters is 1. The lowest BCUT2D eigenvalue weighted by atomic mass is 9.74. The predicted molar refractivity (Wildman–Crippen MR) is 142 cm³/mol. The van der Waals surface area contributed by atoms with Gasteiger partial charge in [0, 0.05) is 36.6 Å². The Kier molecular flexibility index (Phi) is 8.99. The summed E-state index contributed by atoms with van der Waals surface area (Å²) in [7, 11) is 0. The van der Waals surface area contributed by atoms with Crippen LogP contribution in [0.2, 0.25) is 0 Å². The van der Waals surface area contributed by atoms with Gasteiger partial charge in [-0.2, -0.15) is 0 Å². The molecule has 4 aliphatic rings. The largest absolute Gasteiger partial charge is 0.460 e. The summed E-state index contributed by atoms with van der Waals surface area (Å²) >= 11 is 3.53. The topological polar surface area (TPSA) is 125 Å². The molecule has 1 unspecified atom stereocenters. The summed E-state index contributed by atoms with van der Waals surface area (Å²) in [6.07, 6.45) is 6.91. The molecular weight excluding hydrogens is 558 g/mol. The van der Waals surface area contributed by atoms with Crippen LogP contribution in [0.3, 0.4) is 0 Å². The molecule has 0 saturated carbocycles. The number of aliphatic hydroxyl groups excluding tert-OH is 1.